The zero-order valence-corrected chi connectivity index (χ0v) is 8.14. The Morgan fingerprint density at radius 1 is 1.54 bits per heavy atom. The minimum absolute atomic E-state index is 0.478. The second-order valence-electron chi connectivity index (χ2n) is 2.30. The topological polar surface area (TPSA) is 61.6 Å². The number of nitrogens with one attached hydrogen (secondary N) is 1. The summed E-state index contributed by atoms with van der Waals surface area (Å²) in [4.78, 5) is 0. The molecule has 0 saturated heterocycles. The first-order valence-electron chi connectivity index (χ1n) is 3.85. The number of nitrogens with zero attached hydrogens (tertiary/aromatic N) is 3. The van der Waals surface area contributed by atoms with E-state index in [9.17, 15) is 0 Å². The maximum absolute atomic E-state index is 8.30. The molecule has 0 radical (unpaired) electrons. The molecular weight excluding hydrogens is 184 g/mol. The molecule has 0 aliphatic rings. The molecule has 0 saturated carbocycles. The van der Waals surface area contributed by atoms with Gasteiger partial charge in [0, 0.05) is 6.54 Å². The maximum atomic E-state index is 8.30. The van der Waals surface area contributed by atoms with Crippen LogP contribution in [0.25, 0.3) is 0 Å². The van der Waals surface area contributed by atoms with Gasteiger partial charge in [-0.15, -0.1) is 22.0 Å². The Hall–Kier alpha value is -1.28. The standard InChI is InChI=1S/C8H10N4S/c1-13-8-4-3-7(11-12-8)10-6-2-5-9/h3-4H,2,6H2,1H3,(H,10,11). The molecule has 1 aromatic heterocycles. The Kier molecular flexibility index (Phi) is 4.06. The molecule has 1 N–H and O–H groups in total. The first-order chi connectivity index (χ1) is 6.36. The lowest BCUT2D eigenvalue weighted by atomic mass is 10.4. The Morgan fingerprint density at radius 3 is 2.92 bits per heavy atom. The van der Waals surface area contributed by atoms with Gasteiger partial charge in [0.2, 0.25) is 0 Å². The molecule has 0 amide bonds. The lowest BCUT2D eigenvalue weighted by molar-refractivity contribution is 0.918. The minimum Gasteiger partial charge on any atom is -0.368 e. The number of aromatic nitrogens is 2. The molecule has 13 heavy (non-hydrogen) atoms. The van der Waals surface area contributed by atoms with E-state index in [1.807, 2.05) is 24.5 Å². The third kappa shape index (κ3) is 3.30. The molecule has 1 heterocycles. The zero-order chi connectivity index (χ0) is 9.52. The summed E-state index contributed by atoms with van der Waals surface area (Å²) in [6, 6.07) is 5.80. The van der Waals surface area contributed by atoms with E-state index >= 15 is 0 Å². The molecule has 68 valence electrons. The van der Waals surface area contributed by atoms with Crippen molar-refractivity contribution in [1.29, 1.82) is 5.26 Å². The van der Waals surface area contributed by atoms with Gasteiger partial charge in [-0.1, -0.05) is 0 Å². The molecule has 5 heteroatoms. The molecular formula is C8H10N4S. The van der Waals surface area contributed by atoms with Crippen LogP contribution in [0.5, 0.6) is 0 Å². The fourth-order valence-corrected chi connectivity index (χ4v) is 1.10. The van der Waals surface area contributed by atoms with Gasteiger partial charge in [0.05, 0.1) is 12.5 Å². The molecule has 0 aliphatic carbocycles. The number of hydrogen-bond acceptors (Lipinski definition) is 5. The Bertz CT molecular complexity index is 290. The van der Waals surface area contributed by atoms with Gasteiger partial charge in [-0.3, -0.25) is 0 Å². The highest BCUT2D eigenvalue weighted by molar-refractivity contribution is 7.98. The number of anilines is 1. The third-order valence-electron chi connectivity index (χ3n) is 1.39. The molecule has 4 nitrogen and oxygen atoms in total. The Balaban J connectivity index is 2.45. The van der Waals surface area contributed by atoms with Crippen LogP contribution in [0.4, 0.5) is 5.82 Å². The van der Waals surface area contributed by atoms with Crippen molar-refractivity contribution >= 4 is 17.6 Å². The van der Waals surface area contributed by atoms with E-state index in [0.717, 1.165) is 5.03 Å². The predicted molar refractivity (Wildman–Crippen MR) is 52.5 cm³/mol. The van der Waals surface area contributed by atoms with Crippen LogP contribution >= 0.6 is 11.8 Å². The molecule has 0 atom stereocenters. The summed E-state index contributed by atoms with van der Waals surface area (Å²) in [5.74, 6) is 0.716. The average Bonchev–Trinajstić information content (AvgIpc) is 2.19. The molecule has 0 fully saturated rings. The van der Waals surface area contributed by atoms with E-state index < -0.39 is 0 Å². The highest BCUT2D eigenvalue weighted by Gasteiger charge is 1.94. The van der Waals surface area contributed by atoms with Crippen LogP contribution in [0.15, 0.2) is 17.2 Å². The van der Waals surface area contributed by atoms with Gasteiger partial charge in [-0.2, -0.15) is 5.26 Å². The molecule has 1 rings (SSSR count). The second-order valence-corrected chi connectivity index (χ2v) is 3.12. The van der Waals surface area contributed by atoms with Crippen LogP contribution < -0.4 is 5.32 Å². The molecule has 0 bridgehead atoms. The number of thioether (sulfide) groups is 1. The van der Waals surface area contributed by atoms with Crippen molar-refractivity contribution < 1.29 is 0 Å². The van der Waals surface area contributed by atoms with E-state index in [-0.39, 0.29) is 0 Å². The summed E-state index contributed by atoms with van der Waals surface area (Å²) in [5, 5.41) is 20.1. The summed E-state index contributed by atoms with van der Waals surface area (Å²) < 4.78 is 0. The van der Waals surface area contributed by atoms with Crippen molar-refractivity contribution in [2.45, 2.75) is 11.4 Å². The monoisotopic (exact) mass is 194 g/mol. The maximum Gasteiger partial charge on any atom is 0.148 e. The van der Waals surface area contributed by atoms with Crippen LogP contribution in [0, 0.1) is 11.3 Å². The normalized spacial score (nSPS) is 9.23. The van der Waals surface area contributed by atoms with E-state index in [1.54, 1.807) is 11.8 Å². The van der Waals surface area contributed by atoms with Crippen LogP contribution in [0.2, 0.25) is 0 Å². The van der Waals surface area contributed by atoms with Crippen molar-refractivity contribution in [3.05, 3.63) is 12.1 Å². The van der Waals surface area contributed by atoms with Crippen molar-refractivity contribution in [1.82, 2.24) is 10.2 Å². The van der Waals surface area contributed by atoms with Crippen LogP contribution in [-0.4, -0.2) is 23.0 Å². The van der Waals surface area contributed by atoms with Gasteiger partial charge < -0.3 is 5.32 Å². The molecule has 0 aromatic carbocycles. The van der Waals surface area contributed by atoms with Crippen LogP contribution in [0.3, 0.4) is 0 Å². The lowest BCUT2D eigenvalue weighted by Crippen LogP contribution is -2.03. The van der Waals surface area contributed by atoms with Gasteiger partial charge in [-0.25, -0.2) is 0 Å². The van der Waals surface area contributed by atoms with Crippen molar-refractivity contribution in [3.63, 3.8) is 0 Å². The van der Waals surface area contributed by atoms with Gasteiger partial charge in [0.25, 0.3) is 0 Å². The summed E-state index contributed by atoms with van der Waals surface area (Å²) in [6.07, 6.45) is 2.43. The van der Waals surface area contributed by atoms with Crippen molar-refractivity contribution in [2.24, 2.45) is 0 Å². The van der Waals surface area contributed by atoms with E-state index in [0.29, 0.717) is 18.8 Å². The molecule has 0 aliphatic heterocycles. The van der Waals surface area contributed by atoms with E-state index in [2.05, 4.69) is 15.5 Å². The summed E-state index contributed by atoms with van der Waals surface area (Å²) in [6.45, 7) is 0.615. The Morgan fingerprint density at radius 2 is 2.38 bits per heavy atom. The first-order valence-corrected chi connectivity index (χ1v) is 5.08. The predicted octanol–water partition coefficient (Wildman–Crippen LogP) is 1.52. The molecule has 0 unspecified atom stereocenters. The largest absolute Gasteiger partial charge is 0.368 e. The van der Waals surface area contributed by atoms with Crippen molar-refractivity contribution in [2.75, 3.05) is 18.1 Å². The van der Waals surface area contributed by atoms with Crippen molar-refractivity contribution in [3.8, 4) is 6.07 Å². The average molecular weight is 194 g/mol. The first kappa shape index (κ1) is 9.81. The van der Waals surface area contributed by atoms with Gasteiger partial charge >= 0.3 is 0 Å². The highest BCUT2D eigenvalue weighted by Crippen LogP contribution is 2.10. The van der Waals surface area contributed by atoms with E-state index in [1.165, 1.54) is 0 Å². The highest BCUT2D eigenvalue weighted by atomic mass is 32.2. The smallest absolute Gasteiger partial charge is 0.148 e. The minimum atomic E-state index is 0.478. The Labute approximate surface area is 81.4 Å². The SMILES string of the molecule is CSc1ccc(NCCC#N)nn1. The third-order valence-corrected chi connectivity index (χ3v) is 2.03. The second kappa shape index (κ2) is 5.38. The summed E-state index contributed by atoms with van der Waals surface area (Å²) in [5.41, 5.74) is 0. The van der Waals surface area contributed by atoms with E-state index in [4.69, 9.17) is 5.26 Å². The van der Waals surface area contributed by atoms with Gasteiger partial charge in [0.15, 0.2) is 0 Å². The van der Waals surface area contributed by atoms with Crippen LogP contribution in [0.1, 0.15) is 6.42 Å². The number of nitriles is 1. The molecule has 1 aromatic rings. The summed E-state index contributed by atoms with van der Waals surface area (Å²) >= 11 is 1.55. The lowest BCUT2D eigenvalue weighted by Gasteiger charge is -2.01. The quantitative estimate of drug-likeness (QED) is 0.581. The number of hydrogen-bond donors (Lipinski definition) is 1. The van der Waals surface area contributed by atoms with Gasteiger partial charge in [0.1, 0.15) is 10.8 Å². The zero-order valence-electron chi connectivity index (χ0n) is 7.32. The van der Waals surface area contributed by atoms with Crippen LogP contribution in [-0.2, 0) is 0 Å². The number of rotatable bonds is 4. The summed E-state index contributed by atoms with van der Waals surface area (Å²) in [7, 11) is 0. The molecule has 0 spiro atoms. The fourth-order valence-electron chi connectivity index (χ4n) is 0.770. The fraction of sp³-hybridized carbons (Fsp3) is 0.375. The van der Waals surface area contributed by atoms with Gasteiger partial charge in [-0.05, 0) is 18.4 Å².